The van der Waals surface area contributed by atoms with Crippen molar-refractivity contribution in [2.75, 3.05) is 62.6 Å². The fourth-order valence-electron chi connectivity index (χ4n) is 12.9. The van der Waals surface area contributed by atoms with Crippen LogP contribution in [-0.2, 0) is 14.4 Å². The molecule has 5 aliphatic rings. The lowest BCUT2D eigenvalue weighted by atomic mass is 9.48. The Labute approximate surface area is 444 Å². The first-order valence-corrected chi connectivity index (χ1v) is 27.3. The Bertz CT molecular complexity index is 2770. The van der Waals surface area contributed by atoms with Gasteiger partial charge in [-0.25, -0.2) is 9.97 Å². The van der Waals surface area contributed by atoms with E-state index in [2.05, 4.69) is 74.7 Å². The zero-order valence-corrected chi connectivity index (χ0v) is 45.7. The van der Waals surface area contributed by atoms with E-state index in [4.69, 9.17) is 16.6 Å². The minimum Gasteiger partial charge on any atom is -0.391 e. The average molecular weight is 1050 g/mol. The number of piperazine rings is 1. The first-order valence-electron chi connectivity index (χ1n) is 26.0. The van der Waals surface area contributed by atoms with Crippen LogP contribution in [0.2, 0.25) is 5.02 Å². The van der Waals surface area contributed by atoms with Gasteiger partial charge in [-0.15, -0.1) is 11.3 Å². The van der Waals surface area contributed by atoms with Gasteiger partial charge in [0.1, 0.15) is 24.0 Å². The number of carbonyl (C=O) groups is 4. The Morgan fingerprint density at radius 3 is 2.22 bits per heavy atom. The highest BCUT2D eigenvalue weighted by atomic mass is 35.5. The summed E-state index contributed by atoms with van der Waals surface area (Å²) in [5.74, 6) is -0.225. The van der Waals surface area contributed by atoms with Crippen molar-refractivity contribution in [1.82, 2.24) is 40.6 Å². The molecule has 2 aliphatic carbocycles. The van der Waals surface area contributed by atoms with Gasteiger partial charge in [-0.1, -0.05) is 84.3 Å². The van der Waals surface area contributed by atoms with Crippen LogP contribution in [0.4, 0.5) is 11.5 Å². The highest BCUT2D eigenvalue weighted by molar-refractivity contribution is 7.13. The number of hydrogen-bond acceptors (Lipinski definition) is 13. The van der Waals surface area contributed by atoms with Crippen LogP contribution in [0.15, 0.2) is 66.3 Å². The number of aromatic nitrogens is 2. The molecule has 16 nitrogen and oxygen atoms in total. The first-order chi connectivity index (χ1) is 35.0. The number of anilines is 2. The number of rotatable bonds is 14. The second-order valence-corrected chi connectivity index (χ2v) is 25.2. The molecule has 2 saturated carbocycles. The molecule has 0 bridgehead atoms. The fourth-order valence-corrected chi connectivity index (χ4v) is 13.9. The minimum atomic E-state index is -0.885. The summed E-state index contributed by atoms with van der Waals surface area (Å²) in [5, 5.41) is 33.4. The summed E-state index contributed by atoms with van der Waals surface area (Å²) in [7, 11) is 0. The maximum atomic E-state index is 14.3. The van der Waals surface area contributed by atoms with Crippen molar-refractivity contribution in [3.63, 3.8) is 0 Å². The largest absolute Gasteiger partial charge is 0.391 e. The molecule has 1 spiro atoms. The predicted molar refractivity (Wildman–Crippen MR) is 289 cm³/mol. The molecule has 394 valence electrons. The number of likely N-dealkylation sites (tertiary alicyclic amines) is 2. The van der Waals surface area contributed by atoms with Crippen LogP contribution in [0.5, 0.6) is 0 Å². The second-order valence-electron chi connectivity index (χ2n) is 23.9. The van der Waals surface area contributed by atoms with E-state index in [0.29, 0.717) is 22.2 Å². The third-order valence-corrected chi connectivity index (χ3v) is 18.0. The number of nitrogens with one attached hydrogen (secondary N) is 4. The molecule has 0 radical (unpaired) electrons. The molecule has 2 aromatic carbocycles. The van der Waals surface area contributed by atoms with Crippen molar-refractivity contribution in [2.45, 2.75) is 124 Å². The zero-order valence-electron chi connectivity index (χ0n) is 44.2. The molecule has 5 heterocycles. The van der Waals surface area contributed by atoms with E-state index in [1.54, 1.807) is 29.7 Å². The number of aliphatic hydroxyl groups excluding tert-OH is 1. The molecule has 18 heteroatoms. The summed E-state index contributed by atoms with van der Waals surface area (Å²) < 4.78 is 0. The SMILES string of the molecule is Cc1ncsc1-c1ccc([C@H](C)NC(=O)C2C[C@@H](O)CN2C(=O)C(NC(=O)CN2CC3(CC(N4CCN(c5ccc(C(=O)NC6C(C)(C)C(Nc7ccc(C#N)c(Cl)c7)C6(C)C)cn5)CC4)C3)C2)C(C)(C)C)cc1. The lowest BCUT2D eigenvalue weighted by Crippen LogP contribution is -2.75. The summed E-state index contributed by atoms with van der Waals surface area (Å²) in [6.45, 7) is 23.6. The summed E-state index contributed by atoms with van der Waals surface area (Å²) >= 11 is 7.90. The second kappa shape index (κ2) is 20.5. The quantitative estimate of drug-likeness (QED) is 0.0904. The van der Waals surface area contributed by atoms with E-state index in [1.807, 2.05) is 82.6 Å². The summed E-state index contributed by atoms with van der Waals surface area (Å²) in [6.07, 6.45) is 3.12. The average Bonchev–Trinajstić information content (AvgIpc) is 3.96. The number of pyridine rings is 1. The van der Waals surface area contributed by atoms with E-state index < -0.39 is 23.6 Å². The van der Waals surface area contributed by atoms with E-state index in [1.165, 1.54) is 4.90 Å². The van der Waals surface area contributed by atoms with Gasteiger partial charge in [0, 0.05) is 93.1 Å². The molecule has 2 unspecified atom stereocenters. The molecular formula is C56H72ClN11O5S. The van der Waals surface area contributed by atoms with Gasteiger partial charge in [0.25, 0.3) is 5.91 Å². The molecule has 3 aliphatic heterocycles. The van der Waals surface area contributed by atoms with Crippen molar-refractivity contribution in [3.8, 4) is 16.5 Å². The Morgan fingerprint density at radius 1 is 0.932 bits per heavy atom. The maximum absolute atomic E-state index is 14.3. The Morgan fingerprint density at radius 2 is 1.62 bits per heavy atom. The standard InChI is InChI=1S/C56H72ClN11O5S/c1-33(35-10-12-36(13-11-35)46-34(2)60-32-74-46)61-49(72)43-23-41(69)28-68(43)50(73)47(53(3,4)5)63-45(70)29-65-30-56(31-65)24-40(25-56)66-18-20-67(21-19-66)44-17-15-38(27-59-44)48(71)64-52-54(6,7)51(55(52,8)9)62-39-16-14-37(26-58)42(57)22-39/h10-17,22,27,32-33,40-41,43,47,51-52,62,69H,18-21,23-25,28-31H2,1-9H3,(H,61,72)(H,63,70)(H,64,71)/t33-,41+,43?,47?,51?,52?/m0/s1. The highest BCUT2D eigenvalue weighted by Crippen LogP contribution is 2.55. The molecule has 9 rings (SSSR count). The van der Waals surface area contributed by atoms with E-state index in [-0.39, 0.29) is 77.5 Å². The van der Waals surface area contributed by atoms with Crippen LogP contribution in [0.25, 0.3) is 10.4 Å². The smallest absolute Gasteiger partial charge is 0.253 e. The number of carbonyl (C=O) groups excluding carboxylic acids is 4. The van der Waals surface area contributed by atoms with E-state index in [0.717, 1.165) is 85.3 Å². The zero-order chi connectivity index (χ0) is 53.1. The molecule has 74 heavy (non-hydrogen) atoms. The van der Waals surface area contributed by atoms with Crippen LogP contribution in [-0.4, -0.2) is 142 Å². The number of thiazole rings is 1. The van der Waals surface area contributed by atoms with Crippen molar-refractivity contribution in [1.29, 1.82) is 5.26 Å². The lowest BCUT2D eigenvalue weighted by Gasteiger charge is -2.64. The van der Waals surface area contributed by atoms with Gasteiger partial charge in [0.05, 0.1) is 50.9 Å². The van der Waals surface area contributed by atoms with Crippen LogP contribution in [0.3, 0.4) is 0 Å². The summed E-state index contributed by atoms with van der Waals surface area (Å²) in [5.41, 5.74) is 5.58. The van der Waals surface area contributed by atoms with Crippen LogP contribution < -0.4 is 26.2 Å². The van der Waals surface area contributed by atoms with Crippen LogP contribution in [0.1, 0.15) is 108 Å². The molecule has 5 fully saturated rings. The topological polar surface area (TPSA) is 199 Å². The maximum Gasteiger partial charge on any atom is 0.253 e. The van der Waals surface area contributed by atoms with Gasteiger partial charge >= 0.3 is 0 Å². The van der Waals surface area contributed by atoms with Crippen molar-refractivity contribution in [3.05, 3.63) is 93.7 Å². The van der Waals surface area contributed by atoms with Gasteiger partial charge in [-0.05, 0) is 79.0 Å². The third-order valence-electron chi connectivity index (χ3n) is 16.7. The van der Waals surface area contributed by atoms with Crippen LogP contribution >= 0.6 is 22.9 Å². The van der Waals surface area contributed by atoms with Crippen molar-refractivity contribution in [2.24, 2.45) is 21.7 Å². The van der Waals surface area contributed by atoms with E-state index >= 15 is 0 Å². The lowest BCUT2D eigenvalue weighted by molar-refractivity contribution is -0.146. The van der Waals surface area contributed by atoms with Crippen molar-refractivity contribution < 1.29 is 24.3 Å². The molecular weight excluding hydrogens is 974 g/mol. The number of nitriles is 1. The summed E-state index contributed by atoms with van der Waals surface area (Å²) in [6, 6.07) is 17.6. The molecule has 2 aromatic heterocycles. The van der Waals surface area contributed by atoms with Gasteiger partial charge in [-0.3, -0.25) is 29.0 Å². The number of aliphatic hydroxyl groups is 1. The number of hydrogen-bond donors (Lipinski definition) is 5. The number of benzene rings is 2. The van der Waals surface area contributed by atoms with Gasteiger partial charge < -0.3 is 36.2 Å². The number of aryl methyl sites for hydroxylation is 1. The fraction of sp³-hybridized carbons (Fsp3) is 0.554. The summed E-state index contributed by atoms with van der Waals surface area (Å²) in [4.78, 5) is 73.9. The number of halogens is 1. The monoisotopic (exact) mass is 1050 g/mol. The van der Waals surface area contributed by atoms with Crippen molar-refractivity contribution >= 4 is 58.1 Å². The molecule has 4 aromatic rings. The number of nitrogens with zero attached hydrogens (tertiary/aromatic N) is 7. The van der Waals surface area contributed by atoms with Crippen LogP contribution in [0, 0.1) is 39.9 Å². The number of β-amino-alcohol motifs (C(OH)–C–C–N with tert-alkyl or cyclic N) is 1. The Kier molecular flexibility index (Phi) is 14.7. The first kappa shape index (κ1) is 53.2. The molecule has 3 saturated heterocycles. The predicted octanol–water partition coefficient (Wildman–Crippen LogP) is 6.64. The van der Waals surface area contributed by atoms with Gasteiger partial charge in [0.15, 0.2) is 0 Å². The number of amides is 4. The Balaban J connectivity index is 0.701. The van der Waals surface area contributed by atoms with Gasteiger partial charge in [-0.2, -0.15) is 5.26 Å². The normalized spacial score (nSPS) is 24.1. The third kappa shape index (κ3) is 10.6. The molecule has 5 N–H and O–H groups in total. The minimum absolute atomic E-state index is 0.0193. The molecule has 4 atom stereocenters. The van der Waals surface area contributed by atoms with Gasteiger partial charge in [0.2, 0.25) is 17.7 Å². The molecule has 4 amide bonds. The Hall–Kier alpha value is -5.64. The van der Waals surface area contributed by atoms with E-state index in [9.17, 15) is 29.5 Å². The highest BCUT2D eigenvalue weighted by Gasteiger charge is 2.62.